The van der Waals surface area contributed by atoms with Gasteiger partial charge in [0, 0.05) is 31.0 Å². The molecule has 8 nitrogen and oxygen atoms in total. The van der Waals surface area contributed by atoms with Crippen molar-refractivity contribution >= 4 is 17.3 Å². The van der Waals surface area contributed by atoms with Crippen molar-refractivity contribution in [3.63, 3.8) is 0 Å². The number of methoxy groups -OCH3 is 2. The van der Waals surface area contributed by atoms with Crippen LogP contribution in [0.25, 0.3) is 0 Å². The molecule has 2 aromatic rings. The molecule has 1 heterocycles. The lowest BCUT2D eigenvalue weighted by Gasteiger charge is -2.20. The van der Waals surface area contributed by atoms with E-state index in [2.05, 4.69) is 16.4 Å². The summed E-state index contributed by atoms with van der Waals surface area (Å²) in [5, 5.41) is 12.7. The first-order valence-electron chi connectivity index (χ1n) is 9.37. The Morgan fingerprint density at radius 1 is 1.28 bits per heavy atom. The maximum absolute atomic E-state index is 8.08. The molecule has 0 atom stereocenters. The van der Waals surface area contributed by atoms with Crippen molar-refractivity contribution in [2.75, 3.05) is 31.6 Å². The Balaban J connectivity index is 1.62. The molecule has 0 amide bonds. The number of anilines is 2. The largest absolute Gasteiger partial charge is 0.481 e. The average Bonchev–Trinajstić information content (AvgIpc) is 3.57. The van der Waals surface area contributed by atoms with Gasteiger partial charge in [0.15, 0.2) is 0 Å². The molecule has 0 spiro atoms. The first-order valence-corrected chi connectivity index (χ1v) is 9.37. The van der Waals surface area contributed by atoms with E-state index in [1.54, 1.807) is 37.5 Å². The summed E-state index contributed by atoms with van der Waals surface area (Å²) in [5.41, 5.74) is 3.86. The van der Waals surface area contributed by atoms with Gasteiger partial charge in [-0.1, -0.05) is 12.1 Å². The maximum Gasteiger partial charge on any atom is 0.240 e. The third-order valence-corrected chi connectivity index (χ3v) is 4.67. The highest BCUT2D eigenvalue weighted by molar-refractivity contribution is 5.85. The molecule has 1 saturated carbocycles. The Hall–Kier alpha value is -3.26. The van der Waals surface area contributed by atoms with Crippen molar-refractivity contribution < 1.29 is 14.2 Å². The summed E-state index contributed by atoms with van der Waals surface area (Å²) in [5.74, 6) is 7.44. The summed E-state index contributed by atoms with van der Waals surface area (Å²) >= 11 is 0. The number of ether oxygens (including phenoxy) is 3. The quantitative estimate of drug-likeness (QED) is 0.258. The molecular weight excluding hydrogens is 370 g/mol. The maximum atomic E-state index is 8.08. The van der Waals surface area contributed by atoms with Crippen LogP contribution in [0.3, 0.4) is 0 Å². The minimum Gasteiger partial charge on any atom is -0.481 e. The highest BCUT2D eigenvalue weighted by Gasteiger charge is 2.27. The number of hydrogen-bond acceptors (Lipinski definition) is 8. The fourth-order valence-electron chi connectivity index (χ4n) is 3.06. The normalized spacial score (nSPS) is 13.2. The van der Waals surface area contributed by atoms with Crippen LogP contribution in [0, 0.1) is 5.41 Å². The van der Waals surface area contributed by atoms with E-state index in [-0.39, 0.29) is 5.90 Å². The number of aromatic nitrogens is 1. The molecule has 0 unspecified atom stereocenters. The molecule has 0 radical (unpaired) electrons. The van der Waals surface area contributed by atoms with Crippen LogP contribution in [-0.4, -0.2) is 32.1 Å². The second-order valence-corrected chi connectivity index (χ2v) is 6.77. The molecule has 4 N–H and O–H groups in total. The molecule has 0 saturated heterocycles. The molecule has 0 aliphatic heterocycles. The summed E-state index contributed by atoms with van der Waals surface area (Å²) in [6.45, 7) is 0.292. The van der Waals surface area contributed by atoms with Gasteiger partial charge in [0.05, 0.1) is 19.9 Å². The summed E-state index contributed by atoms with van der Waals surface area (Å²) in [6, 6.07) is 9.61. The van der Waals surface area contributed by atoms with Crippen LogP contribution in [0.2, 0.25) is 0 Å². The van der Waals surface area contributed by atoms with E-state index in [0.29, 0.717) is 30.0 Å². The van der Waals surface area contributed by atoms with Gasteiger partial charge in [-0.2, -0.15) is 4.98 Å². The lowest BCUT2D eigenvalue weighted by atomic mass is 10.0. The van der Waals surface area contributed by atoms with E-state index in [1.165, 1.54) is 31.6 Å². The number of nitrogens with one attached hydrogen (secondary N) is 2. The van der Waals surface area contributed by atoms with Crippen molar-refractivity contribution in [2.24, 2.45) is 5.84 Å². The van der Waals surface area contributed by atoms with Gasteiger partial charge in [-0.25, -0.2) is 5.84 Å². The lowest BCUT2D eigenvalue weighted by Crippen LogP contribution is -2.27. The monoisotopic (exact) mass is 397 g/mol. The van der Waals surface area contributed by atoms with Gasteiger partial charge in [0.25, 0.3) is 0 Å². The third-order valence-electron chi connectivity index (χ3n) is 4.67. The SMILES string of the molecule is COc1ccc(N/C=C\C(=N)OCc2c(C3CC3)cccc2N(C)N)c(OC)n1. The van der Waals surface area contributed by atoms with Crippen molar-refractivity contribution in [1.29, 1.82) is 5.41 Å². The minimum absolute atomic E-state index is 0.0363. The Labute approximate surface area is 170 Å². The standard InChI is InChI=1S/C21H27N5O3/c1-26(23)18-6-4-5-15(14-7-8-14)16(18)13-29-19(22)11-12-24-17-9-10-20(27-2)25-21(17)28-3/h4-6,9-12,14,22,24H,7-8,13,23H2,1-3H3/b12-11-,22-19?. The van der Waals surface area contributed by atoms with Gasteiger partial charge in [-0.05, 0) is 36.5 Å². The summed E-state index contributed by atoms with van der Waals surface area (Å²) < 4.78 is 16.0. The van der Waals surface area contributed by atoms with E-state index in [4.69, 9.17) is 25.5 Å². The molecule has 1 aromatic heterocycles. The Morgan fingerprint density at radius 2 is 2.07 bits per heavy atom. The van der Waals surface area contributed by atoms with Crippen molar-refractivity contribution in [2.45, 2.75) is 25.4 Å². The van der Waals surface area contributed by atoms with Crippen molar-refractivity contribution in [3.8, 4) is 11.8 Å². The molecule has 8 heteroatoms. The van der Waals surface area contributed by atoms with Crippen LogP contribution in [0.1, 0.15) is 29.9 Å². The zero-order valence-corrected chi connectivity index (χ0v) is 16.9. The topological polar surface area (TPSA) is 106 Å². The minimum atomic E-state index is 0.0363. The van der Waals surface area contributed by atoms with E-state index in [0.717, 1.165) is 11.3 Å². The molecular formula is C21H27N5O3. The molecule has 1 aliphatic rings. The Morgan fingerprint density at radius 3 is 2.72 bits per heavy atom. The summed E-state index contributed by atoms with van der Waals surface area (Å²) in [4.78, 5) is 4.20. The summed E-state index contributed by atoms with van der Waals surface area (Å²) in [6.07, 6.45) is 5.51. The molecule has 154 valence electrons. The van der Waals surface area contributed by atoms with E-state index >= 15 is 0 Å². The third kappa shape index (κ3) is 5.17. The molecule has 3 rings (SSSR count). The van der Waals surface area contributed by atoms with Gasteiger partial charge in [0.2, 0.25) is 17.7 Å². The van der Waals surface area contributed by atoms with Crippen LogP contribution in [0.4, 0.5) is 11.4 Å². The predicted octanol–water partition coefficient (Wildman–Crippen LogP) is 3.41. The second kappa shape index (κ2) is 9.29. The fraction of sp³-hybridized carbons (Fsp3) is 0.333. The number of hydrogen-bond donors (Lipinski definition) is 3. The lowest BCUT2D eigenvalue weighted by molar-refractivity contribution is 0.291. The van der Waals surface area contributed by atoms with E-state index in [9.17, 15) is 0 Å². The fourth-order valence-corrected chi connectivity index (χ4v) is 3.06. The summed E-state index contributed by atoms with van der Waals surface area (Å²) in [7, 11) is 4.88. The number of hydrazine groups is 1. The second-order valence-electron chi connectivity index (χ2n) is 6.77. The first kappa shape index (κ1) is 20.5. The number of nitrogens with zero attached hydrogens (tertiary/aromatic N) is 2. The number of pyridine rings is 1. The van der Waals surface area contributed by atoms with Gasteiger partial charge in [-0.3, -0.25) is 5.41 Å². The van der Waals surface area contributed by atoms with Crippen LogP contribution < -0.4 is 25.6 Å². The van der Waals surface area contributed by atoms with Crippen LogP contribution in [0.15, 0.2) is 42.6 Å². The van der Waals surface area contributed by atoms with E-state index < -0.39 is 0 Å². The zero-order valence-electron chi connectivity index (χ0n) is 16.9. The first-order chi connectivity index (χ1) is 14.0. The molecule has 1 fully saturated rings. The van der Waals surface area contributed by atoms with Gasteiger partial charge >= 0.3 is 0 Å². The average molecular weight is 397 g/mol. The van der Waals surface area contributed by atoms with Crippen LogP contribution in [-0.2, 0) is 11.3 Å². The zero-order chi connectivity index (χ0) is 20.8. The highest BCUT2D eigenvalue weighted by atomic mass is 16.5. The molecule has 1 aliphatic carbocycles. The van der Waals surface area contributed by atoms with E-state index in [1.807, 2.05) is 12.1 Å². The number of benzene rings is 1. The van der Waals surface area contributed by atoms with Gasteiger partial charge in [-0.15, -0.1) is 0 Å². The van der Waals surface area contributed by atoms with Gasteiger partial charge < -0.3 is 24.5 Å². The smallest absolute Gasteiger partial charge is 0.240 e. The molecule has 1 aromatic carbocycles. The predicted molar refractivity (Wildman–Crippen MR) is 114 cm³/mol. The number of nitrogens with two attached hydrogens (primary N) is 1. The highest BCUT2D eigenvalue weighted by Crippen LogP contribution is 2.43. The van der Waals surface area contributed by atoms with Crippen molar-refractivity contribution in [3.05, 3.63) is 53.7 Å². The molecule has 0 bridgehead atoms. The van der Waals surface area contributed by atoms with Crippen LogP contribution in [0.5, 0.6) is 11.8 Å². The number of rotatable bonds is 9. The van der Waals surface area contributed by atoms with Crippen molar-refractivity contribution in [1.82, 2.24) is 4.98 Å². The van der Waals surface area contributed by atoms with Gasteiger partial charge in [0.1, 0.15) is 12.3 Å². The molecule has 29 heavy (non-hydrogen) atoms. The Kier molecular flexibility index (Phi) is 6.56. The van der Waals surface area contributed by atoms with Crippen LogP contribution >= 0.6 is 0 Å². The Bertz CT molecular complexity index is 874.